The summed E-state index contributed by atoms with van der Waals surface area (Å²) >= 11 is 0. The van der Waals surface area contributed by atoms with E-state index >= 15 is 0 Å². The number of aliphatic hydroxyl groups is 2. The van der Waals surface area contributed by atoms with Crippen LogP contribution < -0.4 is 0 Å². The highest BCUT2D eigenvalue weighted by Gasteiger charge is 2.49. The lowest BCUT2D eigenvalue weighted by Gasteiger charge is -2.57. The molecule has 1 aliphatic carbocycles. The quantitative estimate of drug-likeness (QED) is 0.799. The Kier molecular flexibility index (Phi) is 5.85. The number of benzene rings is 1. The normalized spacial score (nSPS) is 30.3. The molecule has 2 saturated heterocycles. The van der Waals surface area contributed by atoms with Crippen molar-refractivity contribution >= 4 is 0 Å². The maximum atomic E-state index is 10.0. The lowest BCUT2D eigenvalue weighted by molar-refractivity contribution is -0.0649. The minimum Gasteiger partial charge on any atom is -0.395 e. The summed E-state index contributed by atoms with van der Waals surface area (Å²) in [5.74, 6) is 7.14. The Morgan fingerprint density at radius 2 is 1.89 bits per heavy atom. The zero-order valence-corrected chi connectivity index (χ0v) is 16.3. The lowest BCUT2D eigenvalue weighted by Crippen LogP contribution is -2.67. The molecule has 4 rings (SSSR count). The molecule has 1 saturated carbocycles. The van der Waals surface area contributed by atoms with Crippen molar-refractivity contribution in [2.45, 2.75) is 56.7 Å². The van der Waals surface area contributed by atoms with E-state index in [1.54, 1.807) is 6.92 Å². The number of nitrogens with zero attached hydrogens (tertiary/aromatic N) is 2. The summed E-state index contributed by atoms with van der Waals surface area (Å²) in [5.41, 5.74) is 2.24. The fourth-order valence-electron chi connectivity index (χ4n) is 4.82. The van der Waals surface area contributed by atoms with E-state index in [2.05, 4.69) is 33.8 Å². The Bertz CT molecular complexity index is 687. The standard InChI is InChI=1S/C23H32N2O2/c1-17(27)4-5-18-8-10-20(11-9-18)23-21-15-24(14-19-6-7-19)12-2-3-13-25(21)22(23)16-26/h8-11,17,19,21-23,26-27H,2-3,6-7,12-16H2,1H3/t17-,21+,22+,23+/m0/s1. The predicted octanol–water partition coefficient (Wildman–Crippen LogP) is 2.05. The fraction of sp³-hybridized carbons (Fsp3) is 0.652. The molecule has 3 fully saturated rings. The van der Waals surface area contributed by atoms with Crippen molar-refractivity contribution in [2.24, 2.45) is 5.92 Å². The molecule has 4 atom stereocenters. The SMILES string of the molecule is C[C@H](O)C#Cc1ccc([C@H]2[C@@H](CO)N3CCCCN(CC4CC4)C[C@H]23)cc1. The van der Waals surface area contributed by atoms with Crippen LogP contribution in [-0.2, 0) is 0 Å². The van der Waals surface area contributed by atoms with Crippen molar-refractivity contribution in [1.82, 2.24) is 9.80 Å². The molecule has 146 valence electrons. The van der Waals surface area contributed by atoms with Crippen LogP contribution >= 0.6 is 0 Å². The van der Waals surface area contributed by atoms with Crippen molar-refractivity contribution in [3.63, 3.8) is 0 Å². The summed E-state index contributed by atoms with van der Waals surface area (Å²) in [7, 11) is 0. The number of hydrogen-bond acceptors (Lipinski definition) is 4. The molecule has 27 heavy (non-hydrogen) atoms. The van der Waals surface area contributed by atoms with Gasteiger partial charge in [0.1, 0.15) is 6.10 Å². The van der Waals surface area contributed by atoms with Crippen molar-refractivity contribution in [3.05, 3.63) is 35.4 Å². The van der Waals surface area contributed by atoms with Crippen LogP contribution in [-0.4, -0.2) is 71.0 Å². The second kappa shape index (κ2) is 8.32. The zero-order chi connectivity index (χ0) is 18.8. The minimum atomic E-state index is -0.601. The minimum absolute atomic E-state index is 0.230. The molecule has 0 bridgehead atoms. The van der Waals surface area contributed by atoms with Crippen LogP contribution in [0, 0.1) is 17.8 Å². The second-order valence-corrected chi connectivity index (χ2v) is 8.56. The molecule has 0 spiro atoms. The molecule has 0 aromatic heterocycles. The fourth-order valence-corrected chi connectivity index (χ4v) is 4.82. The Morgan fingerprint density at radius 1 is 1.15 bits per heavy atom. The van der Waals surface area contributed by atoms with Gasteiger partial charge < -0.3 is 15.1 Å². The molecule has 2 N–H and O–H groups in total. The molecular formula is C23H32N2O2. The van der Waals surface area contributed by atoms with Crippen LogP contribution in [0.1, 0.15) is 49.7 Å². The van der Waals surface area contributed by atoms with Gasteiger partial charge in [-0.3, -0.25) is 4.90 Å². The van der Waals surface area contributed by atoms with Gasteiger partial charge in [-0.15, -0.1) is 0 Å². The summed E-state index contributed by atoms with van der Waals surface area (Å²) in [4.78, 5) is 5.22. The first-order valence-electron chi connectivity index (χ1n) is 10.5. The molecule has 3 aliphatic rings. The number of aliphatic hydroxyl groups excluding tert-OH is 2. The van der Waals surface area contributed by atoms with Gasteiger partial charge in [-0.25, -0.2) is 0 Å². The molecule has 4 nitrogen and oxygen atoms in total. The predicted molar refractivity (Wildman–Crippen MR) is 108 cm³/mol. The van der Waals surface area contributed by atoms with E-state index in [1.165, 1.54) is 44.3 Å². The van der Waals surface area contributed by atoms with Crippen LogP contribution in [0.2, 0.25) is 0 Å². The smallest absolute Gasteiger partial charge is 0.112 e. The second-order valence-electron chi connectivity index (χ2n) is 8.56. The summed E-state index contributed by atoms with van der Waals surface area (Å²) in [5, 5.41) is 19.4. The van der Waals surface area contributed by atoms with Crippen molar-refractivity contribution in [3.8, 4) is 11.8 Å². The van der Waals surface area contributed by atoms with Gasteiger partial charge in [-0.1, -0.05) is 24.0 Å². The highest BCUT2D eigenvalue weighted by atomic mass is 16.3. The topological polar surface area (TPSA) is 46.9 Å². The van der Waals surface area contributed by atoms with E-state index in [0.29, 0.717) is 12.0 Å². The highest BCUT2D eigenvalue weighted by molar-refractivity contribution is 5.39. The van der Waals surface area contributed by atoms with Gasteiger partial charge in [0.15, 0.2) is 0 Å². The first-order valence-corrected chi connectivity index (χ1v) is 10.5. The van der Waals surface area contributed by atoms with Crippen molar-refractivity contribution < 1.29 is 10.2 Å². The van der Waals surface area contributed by atoms with Crippen LogP contribution in [0.5, 0.6) is 0 Å². The third-order valence-electron chi connectivity index (χ3n) is 6.39. The molecule has 2 heterocycles. The van der Waals surface area contributed by atoms with Crippen molar-refractivity contribution in [1.29, 1.82) is 0 Å². The molecule has 1 aromatic rings. The van der Waals surface area contributed by atoms with Gasteiger partial charge in [0, 0.05) is 36.7 Å². The van der Waals surface area contributed by atoms with Gasteiger partial charge in [0.05, 0.1) is 6.61 Å². The van der Waals surface area contributed by atoms with E-state index in [1.807, 2.05) is 12.1 Å². The van der Waals surface area contributed by atoms with Crippen LogP contribution in [0.25, 0.3) is 0 Å². The summed E-state index contributed by atoms with van der Waals surface area (Å²) < 4.78 is 0. The lowest BCUT2D eigenvalue weighted by atomic mass is 9.74. The van der Waals surface area contributed by atoms with Crippen LogP contribution in [0.15, 0.2) is 24.3 Å². The number of hydrogen-bond donors (Lipinski definition) is 2. The maximum absolute atomic E-state index is 10.0. The van der Waals surface area contributed by atoms with Gasteiger partial charge in [0.2, 0.25) is 0 Å². The number of rotatable bonds is 4. The van der Waals surface area contributed by atoms with Crippen molar-refractivity contribution in [2.75, 3.05) is 32.8 Å². The van der Waals surface area contributed by atoms with Gasteiger partial charge >= 0.3 is 0 Å². The average Bonchev–Trinajstić information content (AvgIpc) is 3.45. The molecular weight excluding hydrogens is 336 g/mol. The van der Waals surface area contributed by atoms with E-state index in [-0.39, 0.29) is 12.6 Å². The van der Waals surface area contributed by atoms with Crippen LogP contribution in [0.3, 0.4) is 0 Å². The molecule has 0 amide bonds. The van der Waals surface area contributed by atoms with Gasteiger partial charge in [-0.05, 0) is 69.3 Å². The first-order chi connectivity index (χ1) is 13.2. The van der Waals surface area contributed by atoms with E-state index < -0.39 is 6.10 Å². The van der Waals surface area contributed by atoms with Gasteiger partial charge in [-0.2, -0.15) is 0 Å². The number of fused-ring (bicyclic) bond motifs is 1. The van der Waals surface area contributed by atoms with Gasteiger partial charge in [0.25, 0.3) is 0 Å². The summed E-state index contributed by atoms with van der Waals surface area (Å²) in [6.07, 6.45) is 4.71. The summed E-state index contributed by atoms with van der Waals surface area (Å²) in [6, 6.07) is 9.18. The molecule has 0 unspecified atom stereocenters. The largest absolute Gasteiger partial charge is 0.395 e. The van der Waals surface area contributed by atoms with E-state index in [9.17, 15) is 10.2 Å². The Morgan fingerprint density at radius 3 is 2.56 bits per heavy atom. The molecule has 4 heteroatoms. The Balaban J connectivity index is 1.50. The van der Waals surface area contributed by atoms with Crippen LogP contribution in [0.4, 0.5) is 0 Å². The third-order valence-corrected chi connectivity index (χ3v) is 6.39. The molecule has 2 aliphatic heterocycles. The Hall–Kier alpha value is -1.38. The Labute approximate surface area is 163 Å². The average molecular weight is 369 g/mol. The highest BCUT2D eigenvalue weighted by Crippen LogP contribution is 2.42. The monoisotopic (exact) mass is 368 g/mol. The molecule has 0 radical (unpaired) electrons. The third kappa shape index (κ3) is 4.38. The van der Waals surface area contributed by atoms with E-state index in [0.717, 1.165) is 24.6 Å². The molecule has 1 aromatic carbocycles. The van der Waals surface area contributed by atoms with E-state index in [4.69, 9.17) is 0 Å². The summed E-state index contributed by atoms with van der Waals surface area (Å²) in [6.45, 7) is 6.63. The first kappa shape index (κ1) is 19.0. The maximum Gasteiger partial charge on any atom is 0.112 e. The zero-order valence-electron chi connectivity index (χ0n) is 16.3.